The Hall–Kier alpha value is -3.42. The number of benzene rings is 1. The van der Waals surface area contributed by atoms with E-state index in [0.29, 0.717) is 29.6 Å². The van der Waals surface area contributed by atoms with Crippen LogP contribution in [0.25, 0.3) is 0 Å². The zero-order chi connectivity index (χ0) is 26.7. The first-order valence-electron chi connectivity index (χ1n) is 14.4. The van der Waals surface area contributed by atoms with Gasteiger partial charge in [-0.25, -0.2) is 4.99 Å². The van der Waals surface area contributed by atoms with Crippen LogP contribution >= 0.6 is 0 Å². The van der Waals surface area contributed by atoms with Gasteiger partial charge >= 0.3 is 0 Å². The molecule has 7 rings (SSSR count). The average molecular weight is 522 g/mol. The first-order valence-corrected chi connectivity index (χ1v) is 14.4. The van der Waals surface area contributed by atoms with Crippen LogP contribution in [0.1, 0.15) is 25.3 Å². The van der Waals surface area contributed by atoms with Gasteiger partial charge in [0.1, 0.15) is 17.7 Å². The monoisotopic (exact) mass is 521 g/mol. The van der Waals surface area contributed by atoms with Crippen LogP contribution < -0.4 is 5.73 Å². The van der Waals surface area contributed by atoms with Gasteiger partial charge in [-0.3, -0.25) is 9.89 Å². The molecule has 2 fully saturated rings. The molecule has 0 bridgehead atoms. The van der Waals surface area contributed by atoms with Gasteiger partial charge in [0.05, 0.1) is 11.4 Å². The number of piperazine rings is 1. The molecule has 1 aromatic rings. The zero-order valence-corrected chi connectivity index (χ0v) is 23.2. The van der Waals surface area contributed by atoms with E-state index in [1.165, 1.54) is 50.3 Å². The number of aliphatic imine (C=N–C) groups is 2. The first-order chi connectivity index (χ1) is 19.0. The van der Waals surface area contributed by atoms with E-state index in [-0.39, 0.29) is 6.17 Å². The number of hydrogen-bond acceptors (Lipinski definition) is 7. The number of fused-ring (bicyclic) bond motifs is 2. The predicted molar refractivity (Wildman–Crippen MR) is 158 cm³/mol. The molecule has 202 valence electrons. The Labute approximate surface area is 232 Å². The van der Waals surface area contributed by atoms with E-state index in [4.69, 9.17) is 10.7 Å². The van der Waals surface area contributed by atoms with Crippen LogP contribution in [0.2, 0.25) is 0 Å². The molecule has 39 heavy (non-hydrogen) atoms. The number of nitrogens with two attached hydrogens (primary N) is 1. The van der Waals surface area contributed by atoms with Gasteiger partial charge in [-0.15, -0.1) is 0 Å². The lowest BCUT2D eigenvalue weighted by Gasteiger charge is -2.50. The van der Waals surface area contributed by atoms with Crippen molar-refractivity contribution in [2.75, 3.05) is 40.3 Å². The van der Waals surface area contributed by atoms with E-state index >= 15 is 0 Å². The van der Waals surface area contributed by atoms with Crippen LogP contribution in [0, 0.1) is 17.8 Å². The summed E-state index contributed by atoms with van der Waals surface area (Å²) in [6.07, 6.45) is 15.9. The lowest BCUT2D eigenvalue weighted by Crippen LogP contribution is -2.57. The summed E-state index contributed by atoms with van der Waals surface area (Å²) in [7, 11) is 4.47. The third-order valence-electron chi connectivity index (χ3n) is 9.53. The summed E-state index contributed by atoms with van der Waals surface area (Å²) in [6.45, 7) is 7.02. The molecule has 3 atom stereocenters. The maximum absolute atomic E-state index is 6.60. The van der Waals surface area contributed by atoms with Crippen molar-refractivity contribution in [2.24, 2.45) is 33.5 Å². The van der Waals surface area contributed by atoms with Gasteiger partial charge < -0.3 is 20.4 Å². The number of likely N-dealkylation sites (N-methyl/N-ethyl adjacent to an activating group) is 2. The van der Waals surface area contributed by atoms with E-state index < -0.39 is 0 Å². The third-order valence-corrected chi connectivity index (χ3v) is 9.53. The average Bonchev–Trinajstić information content (AvgIpc) is 3.22. The molecule has 0 amide bonds. The quantitative estimate of drug-likeness (QED) is 0.654. The molecule has 7 heteroatoms. The highest BCUT2D eigenvalue weighted by Crippen LogP contribution is 2.47. The molecule has 7 nitrogen and oxygen atoms in total. The van der Waals surface area contributed by atoms with Crippen molar-refractivity contribution >= 4 is 11.5 Å². The second kappa shape index (κ2) is 9.65. The Kier molecular flexibility index (Phi) is 6.09. The van der Waals surface area contributed by atoms with Crippen LogP contribution in [0.5, 0.6) is 0 Å². The van der Waals surface area contributed by atoms with Gasteiger partial charge in [-0.05, 0) is 43.5 Å². The molecule has 2 unspecified atom stereocenters. The van der Waals surface area contributed by atoms with Crippen molar-refractivity contribution in [3.8, 4) is 0 Å². The van der Waals surface area contributed by atoms with Crippen LogP contribution in [-0.2, 0) is 0 Å². The van der Waals surface area contributed by atoms with Gasteiger partial charge in [0.2, 0.25) is 0 Å². The Morgan fingerprint density at radius 1 is 0.974 bits per heavy atom. The SMILES string of the molecule is C[C@H]1C=C(C2=C3C(N)=NC=CN3C(C3CC(N4CCN(C)CC4)C3)N2C)C=C2N=C(c3ccccc3)C=CC21. The Bertz CT molecular complexity index is 1350. The zero-order valence-electron chi connectivity index (χ0n) is 23.2. The molecule has 4 aliphatic heterocycles. The van der Waals surface area contributed by atoms with Crippen molar-refractivity contribution in [1.82, 2.24) is 19.6 Å². The highest BCUT2D eigenvalue weighted by molar-refractivity contribution is 6.10. The number of nitrogens with zero attached hydrogens (tertiary/aromatic N) is 6. The largest absolute Gasteiger partial charge is 0.382 e. The van der Waals surface area contributed by atoms with Gasteiger partial charge in [0.15, 0.2) is 0 Å². The number of amidine groups is 1. The molecule has 1 saturated carbocycles. The van der Waals surface area contributed by atoms with Crippen LogP contribution in [0.4, 0.5) is 0 Å². The van der Waals surface area contributed by atoms with Crippen molar-refractivity contribution < 1.29 is 0 Å². The normalized spacial score (nSPS) is 32.7. The van der Waals surface area contributed by atoms with Crippen molar-refractivity contribution in [1.29, 1.82) is 0 Å². The van der Waals surface area contributed by atoms with Gasteiger partial charge in [0.25, 0.3) is 0 Å². The number of allylic oxidation sites excluding steroid dienone is 4. The molecule has 0 radical (unpaired) electrons. The van der Waals surface area contributed by atoms with E-state index in [9.17, 15) is 0 Å². The fourth-order valence-corrected chi connectivity index (χ4v) is 7.27. The lowest BCUT2D eigenvalue weighted by atomic mass is 9.76. The molecule has 2 aliphatic carbocycles. The van der Waals surface area contributed by atoms with Gasteiger partial charge in [0, 0.05) is 74.8 Å². The minimum Gasteiger partial charge on any atom is -0.382 e. The summed E-state index contributed by atoms with van der Waals surface area (Å²) in [5.41, 5.74) is 13.3. The topological polar surface area (TPSA) is 63.7 Å². The smallest absolute Gasteiger partial charge is 0.149 e. The Morgan fingerprint density at radius 2 is 1.74 bits per heavy atom. The summed E-state index contributed by atoms with van der Waals surface area (Å²) >= 11 is 0. The second-order valence-corrected chi connectivity index (χ2v) is 12.0. The predicted octanol–water partition coefficient (Wildman–Crippen LogP) is 3.77. The Morgan fingerprint density at radius 3 is 2.51 bits per heavy atom. The number of rotatable bonds is 4. The molecular weight excluding hydrogens is 482 g/mol. The standard InChI is InChI=1S/C32H39N7/c1-21-17-23(20-28-26(21)9-10-27(35-28)22-7-5-4-6-8-22)29-30-31(33)34-11-12-39(30)32(37(29)3)24-18-25(19-24)38-15-13-36(2)14-16-38/h4-12,17,20-21,24-26,32H,13-16,18-19H2,1-3H3,(H2,33,34)/t21-,24?,25?,26?,32?/m0/s1. The number of hydrogen-bond donors (Lipinski definition) is 1. The Balaban J connectivity index is 1.17. The van der Waals surface area contributed by atoms with E-state index in [0.717, 1.165) is 22.7 Å². The summed E-state index contributed by atoms with van der Waals surface area (Å²) in [5.74, 6) is 1.82. The summed E-state index contributed by atoms with van der Waals surface area (Å²) in [5, 5.41) is 0. The molecule has 4 heterocycles. The minimum atomic E-state index is 0.256. The first kappa shape index (κ1) is 24.6. The van der Waals surface area contributed by atoms with Crippen molar-refractivity contribution in [3.05, 3.63) is 95.3 Å². The molecule has 2 N–H and O–H groups in total. The van der Waals surface area contributed by atoms with Crippen molar-refractivity contribution in [3.63, 3.8) is 0 Å². The minimum absolute atomic E-state index is 0.256. The summed E-state index contributed by atoms with van der Waals surface area (Å²) in [4.78, 5) is 19.7. The molecule has 1 aromatic carbocycles. The lowest BCUT2D eigenvalue weighted by molar-refractivity contribution is -0.00898. The van der Waals surface area contributed by atoms with Gasteiger partial charge in [-0.2, -0.15) is 0 Å². The van der Waals surface area contributed by atoms with E-state index in [1.54, 1.807) is 0 Å². The molecule has 0 aromatic heterocycles. The maximum Gasteiger partial charge on any atom is 0.149 e. The highest BCUT2D eigenvalue weighted by Gasteiger charge is 2.48. The molecule has 1 saturated heterocycles. The van der Waals surface area contributed by atoms with Gasteiger partial charge in [-0.1, -0.05) is 49.4 Å². The summed E-state index contributed by atoms with van der Waals surface area (Å²) < 4.78 is 0. The van der Waals surface area contributed by atoms with E-state index in [2.05, 4.69) is 100 Å². The number of dihydropyridines is 1. The molecular formula is C32H39N7. The maximum atomic E-state index is 6.60. The highest BCUT2D eigenvalue weighted by atomic mass is 15.4. The van der Waals surface area contributed by atoms with Crippen LogP contribution in [0.15, 0.2) is 99.7 Å². The molecule has 0 spiro atoms. The fourth-order valence-electron chi connectivity index (χ4n) is 7.27. The van der Waals surface area contributed by atoms with Crippen LogP contribution in [0.3, 0.4) is 0 Å². The third kappa shape index (κ3) is 4.19. The fraction of sp³-hybridized carbons (Fsp3) is 0.438. The van der Waals surface area contributed by atoms with E-state index in [1.807, 2.05) is 12.3 Å². The summed E-state index contributed by atoms with van der Waals surface area (Å²) in [6, 6.07) is 11.1. The molecule has 6 aliphatic rings. The van der Waals surface area contributed by atoms with Crippen molar-refractivity contribution in [2.45, 2.75) is 32.0 Å². The van der Waals surface area contributed by atoms with Crippen LogP contribution in [-0.4, -0.2) is 83.6 Å². The second-order valence-electron chi connectivity index (χ2n) is 12.0.